The second kappa shape index (κ2) is 8.14. The summed E-state index contributed by atoms with van der Waals surface area (Å²) in [6.07, 6.45) is 0. The van der Waals surface area contributed by atoms with Gasteiger partial charge in [-0.05, 0) is 29.8 Å². The van der Waals surface area contributed by atoms with E-state index in [1.165, 1.54) is 18.4 Å². The van der Waals surface area contributed by atoms with Gasteiger partial charge in [-0.1, -0.05) is 41.9 Å². The van der Waals surface area contributed by atoms with E-state index in [1.807, 2.05) is 6.07 Å². The summed E-state index contributed by atoms with van der Waals surface area (Å²) in [5, 5.41) is 14.1. The zero-order chi connectivity index (χ0) is 21.3. The van der Waals surface area contributed by atoms with E-state index in [1.54, 1.807) is 53.9 Å². The minimum atomic E-state index is -0.578. The average Bonchev–Trinajstić information content (AvgIpc) is 3.16. The van der Waals surface area contributed by atoms with Crippen LogP contribution in [-0.4, -0.2) is 19.0 Å². The first-order valence-electron chi connectivity index (χ1n) is 8.82. The van der Waals surface area contributed by atoms with Crippen molar-refractivity contribution in [2.75, 3.05) is 12.4 Å². The third kappa shape index (κ3) is 3.72. The van der Waals surface area contributed by atoms with Crippen molar-refractivity contribution in [3.8, 4) is 11.1 Å². The number of esters is 1. The second-order valence-electron chi connectivity index (χ2n) is 6.33. The van der Waals surface area contributed by atoms with Crippen LogP contribution < -0.4 is 10.9 Å². The summed E-state index contributed by atoms with van der Waals surface area (Å²) in [7, 11) is 1.28. The lowest BCUT2D eigenvalue weighted by molar-refractivity contribution is 0.0603. The van der Waals surface area contributed by atoms with Crippen molar-refractivity contribution < 1.29 is 18.7 Å². The van der Waals surface area contributed by atoms with Crippen molar-refractivity contribution in [1.29, 1.82) is 5.41 Å². The zero-order valence-electron chi connectivity index (χ0n) is 15.7. The van der Waals surface area contributed by atoms with Gasteiger partial charge in [0, 0.05) is 21.4 Å². The molecule has 0 spiro atoms. The number of halogens is 1. The van der Waals surface area contributed by atoms with Gasteiger partial charge in [0.25, 0.3) is 5.91 Å². The van der Waals surface area contributed by atoms with Gasteiger partial charge in [-0.2, -0.15) is 0 Å². The smallest absolute Gasteiger partial charge is 0.341 e. The van der Waals surface area contributed by atoms with Crippen molar-refractivity contribution in [3.63, 3.8) is 0 Å². The van der Waals surface area contributed by atoms with Crippen LogP contribution >= 0.6 is 22.9 Å². The summed E-state index contributed by atoms with van der Waals surface area (Å²) < 4.78 is 10.4. The first kappa shape index (κ1) is 19.9. The van der Waals surface area contributed by atoms with Crippen LogP contribution in [0.15, 0.2) is 64.4 Å². The molecule has 4 aromatic rings. The third-order valence-corrected chi connectivity index (χ3v) is 5.63. The predicted molar refractivity (Wildman–Crippen MR) is 116 cm³/mol. The molecule has 30 heavy (non-hydrogen) atoms. The van der Waals surface area contributed by atoms with Crippen LogP contribution in [0.1, 0.15) is 20.7 Å². The van der Waals surface area contributed by atoms with Crippen LogP contribution in [0.2, 0.25) is 5.02 Å². The lowest BCUT2D eigenvalue weighted by Crippen LogP contribution is -2.21. The number of fused-ring (bicyclic) bond motifs is 1. The molecule has 0 bridgehead atoms. The second-order valence-corrected chi connectivity index (χ2v) is 7.65. The molecular weight excluding hydrogens is 424 g/mol. The maximum Gasteiger partial charge on any atom is 0.341 e. The maximum atomic E-state index is 12.9. The number of rotatable bonds is 4. The molecule has 0 saturated carbocycles. The molecule has 2 aromatic heterocycles. The Balaban J connectivity index is 1.73. The molecule has 0 saturated heterocycles. The number of benzene rings is 2. The number of carbonyl (C=O) groups is 2. The van der Waals surface area contributed by atoms with E-state index in [-0.39, 0.29) is 16.7 Å². The summed E-state index contributed by atoms with van der Waals surface area (Å²) in [5.74, 6) is -1.13. The number of hydrogen-bond donors (Lipinski definition) is 2. The van der Waals surface area contributed by atoms with Crippen molar-refractivity contribution in [1.82, 2.24) is 0 Å². The third-order valence-electron chi connectivity index (χ3n) is 4.48. The van der Waals surface area contributed by atoms with Gasteiger partial charge in [0.15, 0.2) is 0 Å². The molecule has 2 aromatic carbocycles. The number of para-hydroxylation sites is 1. The van der Waals surface area contributed by atoms with E-state index in [0.717, 1.165) is 5.56 Å². The van der Waals surface area contributed by atoms with Crippen LogP contribution in [0.4, 0.5) is 5.00 Å². The number of nitrogens with one attached hydrogen (secondary N) is 2. The molecule has 0 fully saturated rings. The quantitative estimate of drug-likeness (QED) is 0.421. The molecule has 0 aliphatic carbocycles. The Hall–Kier alpha value is -3.42. The number of methoxy groups -OCH3 is 1. The molecule has 6 nitrogen and oxygen atoms in total. The molecule has 1 amide bonds. The summed E-state index contributed by atoms with van der Waals surface area (Å²) >= 11 is 7.15. The Kier molecular flexibility index (Phi) is 5.39. The highest BCUT2D eigenvalue weighted by Gasteiger charge is 2.23. The summed E-state index contributed by atoms with van der Waals surface area (Å²) in [4.78, 5) is 25.3. The van der Waals surface area contributed by atoms with Crippen LogP contribution in [0, 0.1) is 5.41 Å². The number of ether oxygens (including phenoxy) is 1. The SMILES string of the molecule is COC(=O)c1c(-c2ccc(Cl)cc2)csc1NC(=O)c1cc2ccccc2oc1=N. The summed E-state index contributed by atoms with van der Waals surface area (Å²) in [6.45, 7) is 0. The Morgan fingerprint density at radius 3 is 2.60 bits per heavy atom. The van der Waals surface area contributed by atoms with E-state index < -0.39 is 11.9 Å². The van der Waals surface area contributed by atoms with Gasteiger partial charge in [0.2, 0.25) is 5.55 Å². The molecular formula is C22H15ClN2O4S. The molecule has 0 radical (unpaired) electrons. The molecule has 4 rings (SSSR count). The van der Waals surface area contributed by atoms with Crippen molar-refractivity contribution >= 4 is 50.8 Å². The fraction of sp³-hybridized carbons (Fsp3) is 0.0455. The number of thiophene rings is 1. The van der Waals surface area contributed by atoms with Gasteiger partial charge in [-0.3, -0.25) is 10.2 Å². The summed E-state index contributed by atoms with van der Waals surface area (Å²) in [5.41, 5.74) is 1.93. The van der Waals surface area contributed by atoms with Gasteiger partial charge in [-0.15, -0.1) is 11.3 Å². The highest BCUT2D eigenvalue weighted by Crippen LogP contribution is 2.36. The first-order chi connectivity index (χ1) is 14.5. The van der Waals surface area contributed by atoms with E-state index in [2.05, 4.69) is 5.32 Å². The maximum absolute atomic E-state index is 12.9. The molecule has 150 valence electrons. The Morgan fingerprint density at radius 2 is 1.87 bits per heavy atom. The minimum Gasteiger partial charge on any atom is -0.465 e. The van der Waals surface area contributed by atoms with Crippen LogP contribution in [0.3, 0.4) is 0 Å². The highest BCUT2D eigenvalue weighted by atomic mass is 35.5. The molecule has 2 heterocycles. The van der Waals surface area contributed by atoms with E-state index >= 15 is 0 Å². The van der Waals surface area contributed by atoms with E-state index in [4.69, 9.17) is 26.2 Å². The molecule has 0 aliphatic heterocycles. The zero-order valence-corrected chi connectivity index (χ0v) is 17.3. The predicted octanol–water partition coefficient (Wildman–Crippen LogP) is 5.33. The molecule has 0 unspecified atom stereocenters. The Bertz CT molecular complexity index is 1330. The topological polar surface area (TPSA) is 92.4 Å². The lowest BCUT2D eigenvalue weighted by atomic mass is 10.0. The van der Waals surface area contributed by atoms with E-state index in [9.17, 15) is 9.59 Å². The van der Waals surface area contributed by atoms with Gasteiger partial charge in [0.1, 0.15) is 21.7 Å². The molecule has 8 heteroatoms. The van der Waals surface area contributed by atoms with Crippen LogP contribution in [0.5, 0.6) is 0 Å². The molecule has 2 N–H and O–H groups in total. The van der Waals surface area contributed by atoms with Crippen LogP contribution in [0.25, 0.3) is 22.1 Å². The largest absolute Gasteiger partial charge is 0.465 e. The average molecular weight is 439 g/mol. The minimum absolute atomic E-state index is 0.0611. The fourth-order valence-corrected chi connectivity index (χ4v) is 4.09. The van der Waals surface area contributed by atoms with Crippen LogP contribution in [-0.2, 0) is 4.74 Å². The number of carbonyl (C=O) groups excluding carboxylic acids is 2. The Labute approximate surface area is 180 Å². The normalized spacial score (nSPS) is 10.7. The summed E-state index contributed by atoms with van der Waals surface area (Å²) in [6, 6.07) is 15.7. The number of hydrogen-bond acceptors (Lipinski definition) is 6. The van der Waals surface area contributed by atoms with Crippen molar-refractivity contribution in [2.24, 2.45) is 0 Å². The highest BCUT2D eigenvalue weighted by molar-refractivity contribution is 7.15. The molecule has 0 aliphatic rings. The fourth-order valence-electron chi connectivity index (χ4n) is 3.01. The van der Waals surface area contributed by atoms with Crippen molar-refractivity contribution in [3.05, 3.63) is 81.7 Å². The first-order valence-corrected chi connectivity index (χ1v) is 10.1. The van der Waals surface area contributed by atoms with Crippen molar-refractivity contribution in [2.45, 2.75) is 0 Å². The standard InChI is InChI=1S/C22H15ClN2O4S/c1-28-22(27)18-16(12-6-8-14(23)9-7-12)11-30-21(18)25-20(26)15-10-13-4-2-3-5-17(13)29-19(15)24/h2-11,24H,1H3,(H,25,26). The number of anilines is 1. The van der Waals surface area contributed by atoms with Gasteiger partial charge >= 0.3 is 5.97 Å². The Morgan fingerprint density at radius 1 is 1.13 bits per heavy atom. The number of amides is 1. The van der Waals surface area contributed by atoms with Gasteiger partial charge in [-0.25, -0.2) is 4.79 Å². The molecule has 0 atom stereocenters. The monoisotopic (exact) mass is 438 g/mol. The van der Waals surface area contributed by atoms with Gasteiger partial charge < -0.3 is 14.5 Å². The lowest BCUT2D eigenvalue weighted by Gasteiger charge is -2.08. The van der Waals surface area contributed by atoms with Gasteiger partial charge in [0.05, 0.1) is 7.11 Å². The van der Waals surface area contributed by atoms with E-state index in [0.29, 0.717) is 26.6 Å².